The molecule has 0 saturated heterocycles. The summed E-state index contributed by atoms with van der Waals surface area (Å²) in [7, 11) is 0. The number of carbonyl (C=O) groups is 1. The zero-order valence-electron chi connectivity index (χ0n) is 20.7. The topological polar surface area (TPSA) is 83.0 Å². The van der Waals surface area contributed by atoms with Crippen molar-refractivity contribution in [3.63, 3.8) is 0 Å². The maximum absolute atomic E-state index is 12.4. The van der Waals surface area contributed by atoms with E-state index in [0.29, 0.717) is 18.7 Å². The second-order valence-corrected chi connectivity index (χ2v) is 9.44. The Balaban J connectivity index is 0.00000280. The zero-order valence-corrected chi connectivity index (χ0v) is 22.3. The number of carbonyl (C=O) groups excluding carboxylic acids is 1. The quantitative estimate of drug-likeness (QED) is 0.111. The Morgan fingerprint density at radius 3 is 2.53 bits per heavy atom. The number of aromatic hydroxyl groups is 1. The third-order valence-corrected chi connectivity index (χ3v) is 6.29. The number of ether oxygens (including phenoxy) is 1. The lowest BCUT2D eigenvalue weighted by Crippen LogP contribution is -2.21. The minimum absolute atomic E-state index is 0. The lowest BCUT2D eigenvalue weighted by Gasteiger charge is -2.16. The van der Waals surface area contributed by atoms with E-state index >= 15 is 0 Å². The van der Waals surface area contributed by atoms with Crippen LogP contribution < -0.4 is 15.5 Å². The number of phenolic OH excluding ortho intramolecular Hbond substituents is 1. The van der Waals surface area contributed by atoms with Crippen LogP contribution in [-0.4, -0.2) is 30.4 Å². The number of aryl methyl sites for hydroxylation is 1. The Hall–Kier alpha value is -3.84. The second-order valence-electron chi connectivity index (χ2n) is 8.60. The molecule has 0 spiro atoms. The van der Waals surface area contributed by atoms with Crippen molar-refractivity contribution >= 4 is 35.3 Å². The average molecular weight is 553 g/mol. The fourth-order valence-electron chi connectivity index (χ4n) is 3.84. The fraction of sp³-hybridized carbons (Fsp3) is 0.133. The number of rotatable bonds is 10. The van der Waals surface area contributed by atoms with Crippen molar-refractivity contribution in [3.8, 4) is 22.6 Å². The van der Waals surface area contributed by atoms with Crippen LogP contribution in [0.4, 0.5) is 0 Å². The largest absolute Gasteiger partial charge is 0.506 e. The third kappa shape index (κ3) is 7.35. The van der Waals surface area contributed by atoms with Crippen molar-refractivity contribution in [1.82, 2.24) is 10.7 Å². The Kier molecular flexibility index (Phi) is 9.38. The van der Waals surface area contributed by atoms with Crippen molar-refractivity contribution in [1.29, 1.82) is 0 Å². The molecule has 8 heteroatoms. The Labute approximate surface area is 234 Å². The number of phenols is 1. The molecular formula is C30H31Cl2N3O3. The summed E-state index contributed by atoms with van der Waals surface area (Å²) in [5.74, 6) is 0.272. The number of benzene rings is 4. The van der Waals surface area contributed by atoms with Crippen molar-refractivity contribution < 1.29 is 17.5 Å². The predicted molar refractivity (Wildman–Crippen MR) is 158 cm³/mol. The molecule has 0 unspecified atom stereocenters. The van der Waals surface area contributed by atoms with E-state index in [4.69, 9.17) is 27.9 Å². The van der Waals surface area contributed by atoms with Crippen LogP contribution in [0.25, 0.3) is 11.1 Å². The maximum Gasteiger partial charge on any atom is 0.271 e. The first-order valence-electron chi connectivity index (χ1n) is 12.0. The molecule has 0 aliphatic heterocycles. The number of nitrogens with one attached hydrogen (secondary N) is 2. The molecule has 198 valence electrons. The molecule has 4 aromatic rings. The molecule has 0 aliphatic carbocycles. The van der Waals surface area contributed by atoms with Crippen LogP contribution in [0.2, 0.25) is 10.0 Å². The van der Waals surface area contributed by atoms with Crippen LogP contribution in [-0.2, 0) is 6.54 Å². The molecular weight excluding hydrogens is 521 g/mol. The highest BCUT2D eigenvalue weighted by atomic mass is 35.5. The minimum Gasteiger partial charge on any atom is -0.506 e. The number of hydrazone groups is 1. The summed E-state index contributed by atoms with van der Waals surface area (Å²) in [6, 6.07) is 25.9. The first kappa shape index (κ1) is 27.2. The van der Waals surface area contributed by atoms with Crippen molar-refractivity contribution in [3.05, 3.63) is 117 Å². The molecule has 4 rings (SSSR count). The van der Waals surface area contributed by atoms with Gasteiger partial charge in [0.15, 0.2) is 0 Å². The van der Waals surface area contributed by atoms with E-state index in [9.17, 15) is 9.90 Å². The molecule has 0 radical (unpaired) electrons. The van der Waals surface area contributed by atoms with Crippen molar-refractivity contribution in [2.24, 2.45) is 5.10 Å². The first-order chi connectivity index (χ1) is 18.4. The van der Waals surface area contributed by atoms with Crippen LogP contribution in [0.5, 0.6) is 11.5 Å². The highest BCUT2D eigenvalue weighted by molar-refractivity contribution is 6.32. The van der Waals surface area contributed by atoms with Gasteiger partial charge < -0.3 is 15.2 Å². The Morgan fingerprint density at radius 1 is 1.03 bits per heavy atom. The van der Waals surface area contributed by atoms with Gasteiger partial charge >= 0.3 is 0 Å². The van der Waals surface area contributed by atoms with Gasteiger partial charge in [0.2, 0.25) is 0 Å². The van der Waals surface area contributed by atoms with Gasteiger partial charge in [0.1, 0.15) is 18.1 Å². The van der Waals surface area contributed by atoms with Crippen LogP contribution in [0.1, 0.15) is 29.9 Å². The maximum atomic E-state index is 12.4. The van der Waals surface area contributed by atoms with Crippen LogP contribution in [0.3, 0.4) is 0 Å². The van der Waals surface area contributed by atoms with Crippen LogP contribution in [0.15, 0.2) is 90.0 Å². The van der Waals surface area contributed by atoms with Gasteiger partial charge in [0.05, 0.1) is 11.2 Å². The summed E-state index contributed by atoms with van der Waals surface area (Å²) >= 11 is 11.8. The second kappa shape index (κ2) is 13.1. The van der Waals surface area contributed by atoms with Gasteiger partial charge in [-0.1, -0.05) is 65.7 Å². The molecule has 0 heterocycles. The molecule has 1 amide bonds. The van der Waals surface area contributed by atoms with E-state index in [-0.39, 0.29) is 13.6 Å². The monoisotopic (exact) mass is 551 g/mol. The smallest absolute Gasteiger partial charge is 0.271 e. The van der Waals surface area contributed by atoms with Gasteiger partial charge in [-0.05, 0) is 71.6 Å². The van der Waals surface area contributed by atoms with Gasteiger partial charge in [0.25, 0.3) is 5.91 Å². The summed E-state index contributed by atoms with van der Waals surface area (Å²) in [6.45, 7) is 3.87. The molecule has 4 aromatic carbocycles. The molecule has 0 saturated carbocycles. The summed E-state index contributed by atoms with van der Waals surface area (Å²) in [6.07, 6.45) is 1.58. The Morgan fingerprint density at radius 2 is 1.79 bits per heavy atom. The number of amides is 1. The number of hydrogen-bond acceptors (Lipinski definition) is 5. The van der Waals surface area contributed by atoms with Gasteiger partial charge in [-0.2, -0.15) is 5.10 Å². The standard InChI is InChI=1S/C30H27Cl2N3O3.2H2/c1-20-15-22(19-34-35-30(37)24-9-12-28(36)27(32)17-24)16-26(23-5-3-2-4-6-23)29(20)38-14-13-33-18-21-7-10-25(31)11-8-21;;/h2-12,15-17,19,33,36H,13-14,18H2,1H3,(H,35,37);2*1H/b34-19+;;. The molecule has 3 N–H and O–H groups in total. The first-order valence-corrected chi connectivity index (χ1v) is 12.8. The van der Waals surface area contributed by atoms with E-state index in [1.165, 1.54) is 18.2 Å². The molecule has 6 nitrogen and oxygen atoms in total. The van der Waals surface area contributed by atoms with Crippen LogP contribution >= 0.6 is 23.2 Å². The van der Waals surface area contributed by atoms with Gasteiger partial charge in [0, 0.05) is 32.1 Å². The van der Waals surface area contributed by atoms with Crippen LogP contribution in [0, 0.1) is 6.92 Å². The highest BCUT2D eigenvalue weighted by Gasteiger charge is 2.12. The summed E-state index contributed by atoms with van der Waals surface area (Å²) in [5, 5.41) is 17.9. The Bertz CT molecular complexity index is 1440. The third-order valence-electron chi connectivity index (χ3n) is 5.74. The molecule has 0 bridgehead atoms. The van der Waals surface area contributed by atoms with E-state index < -0.39 is 5.91 Å². The number of nitrogens with zero attached hydrogens (tertiary/aromatic N) is 1. The minimum atomic E-state index is -0.436. The molecule has 0 fully saturated rings. The lowest BCUT2D eigenvalue weighted by molar-refractivity contribution is 0.0955. The summed E-state index contributed by atoms with van der Waals surface area (Å²) in [5.41, 5.74) is 7.63. The van der Waals surface area contributed by atoms with Crippen molar-refractivity contribution in [2.75, 3.05) is 13.2 Å². The molecule has 0 aromatic heterocycles. The number of hydrogen-bond donors (Lipinski definition) is 3. The normalized spacial score (nSPS) is 11.0. The van der Waals surface area contributed by atoms with E-state index in [2.05, 4.69) is 15.8 Å². The van der Waals surface area contributed by atoms with E-state index in [1.54, 1.807) is 6.21 Å². The van der Waals surface area contributed by atoms with Gasteiger partial charge in [-0.25, -0.2) is 5.43 Å². The predicted octanol–water partition coefficient (Wildman–Crippen LogP) is 7.10. The molecule has 38 heavy (non-hydrogen) atoms. The summed E-state index contributed by atoms with van der Waals surface area (Å²) < 4.78 is 6.23. The highest BCUT2D eigenvalue weighted by Crippen LogP contribution is 2.34. The average Bonchev–Trinajstić information content (AvgIpc) is 2.92. The lowest BCUT2D eigenvalue weighted by atomic mass is 9.99. The SMILES string of the molecule is Cc1cc(/C=N/NC(=O)c2ccc(O)c(Cl)c2)cc(-c2ccccc2)c1OCCNCc1ccc(Cl)cc1.[HH].[HH]. The zero-order chi connectivity index (χ0) is 26.9. The molecule has 0 atom stereocenters. The fourth-order valence-corrected chi connectivity index (χ4v) is 4.15. The van der Waals surface area contributed by atoms with Crippen molar-refractivity contribution in [2.45, 2.75) is 13.5 Å². The molecule has 0 aliphatic rings. The van der Waals surface area contributed by atoms with E-state index in [1.807, 2.05) is 73.7 Å². The number of halogens is 2. The van der Waals surface area contributed by atoms with Gasteiger partial charge in [-0.3, -0.25) is 4.79 Å². The summed E-state index contributed by atoms with van der Waals surface area (Å²) in [4.78, 5) is 12.4. The van der Waals surface area contributed by atoms with E-state index in [0.717, 1.165) is 45.1 Å². The van der Waals surface area contributed by atoms with Gasteiger partial charge in [-0.15, -0.1) is 0 Å².